The van der Waals surface area contributed by atoms with Crippen molar-refractivity contribution in [2.24, 2.45) is 5.92 Å². The van der Waals surface area contributed by atoms with Gasteiger partial charge in [0.25, 0.3) is 0 Å². The van der Waals surface area contributed by atoms with Crippen LogP contribution in [-0.4, -0.2) is 10.6 Å². The number of anilines is 2. The van der Waals surface area contributed by atoms with Gasteiger partial charge in [0.15, 0.2) is 0 Å². The summed E-state index contributed by atoms with van der Waals surface area (Å²) in [5.74, 6) is 0.601. The molecule has 6 aromatic rings. The highest BCUT2D eigenvalue weighted by atomic mass is 15.2. The van der Waals surface area contributed by atoms with E-state index >= 15 is 0 Å². The van der Waals surface area contributed by atoms with Crippen molar-refractivity contribution in [1.29, 1.82) is 0 Å². The molecule has 9 rings (SSSR count). The van der Waals surface area contributed by atoms with Gasteiger partial charge in [-0.15, -0.1) is 0 Å². The van der Waals surface area contributed by atoms with Crippen LogP contribution < -0.4 is 4.90 Å². The number of rotatable bonds is 4. The standard InChI is InChI=1S/C44H42N2/c1-31-13-12-20-42-43(31,2)38-16-6-9-19-41(38)46(42)35-27-23-33(24-28-35)44(29-10-3-11-30-44)32-21-25-34(26-22-32)45-39-17-7-4-14-36(39)37-15-5-8-18-40(37)45/h4-9,12,14-28,31,42H,3,10-11,13,29-30H2,1-2H3. The maximum Gasteiger partial charge on any atom is 0.0619 e. The average molecular weight is 599 g/mol. The van der Waals surface area contributed by atoms with Crippen LogP contribution in [-0.2, 0) is 10.8 Å². The minimum Gasteiger partial charge on any atom is -0.333 e. The molecule has 0 saturated heterocycles. The van der Waals surface area contributed by atoms with Gasteiger partial charge in [-0.1, -0.05) is 124 Å². The Morgan fingerprint density at radius 1 is 0.609 bits per heavy atom. The van der Waals surface area contributed by atoms with Gasteiger partial charge in [-0.2, -0.15) is 0 Å². The third-order valence-corrected chi connectivity index (χ3v) is 12.1. The van der Waals surface area contributed by atoms with Crippen LogP contribution in [0.5, 0.6) is 0 Å². The minimum atomic E-state index is 0.0484. The van der Waals surface area contributed by atoms with Crippen molar-refractivity contribution in [1.82, 2.24) is 4.57 Å². The molecule has 0 bridgehead atoms. The number of nitrogens with zero attached hydrogens (tertiary/aromatic N) is 2. The lowest BCUT2D eigenvalue weighted by Crippen LogP contribution is -2.45. The quantitative estimate of drug-likeness (QED) is 0.183. The normalized spacial score (nSPS) is 23.5. The first kappa shape index (κ1) is 27.7. The Kier molecular flexibility index (Phi) is 6.32. The van der Waals surface area contributed by atoms with Crippen LogP contribution in [0.4, 0.5) is 11.4 Å². The van der Waals surface area contributed by atoms with E-state index in [4.69, 9.17) is 0 Å². The van der Waals surface area contributed by atoms with Crippen LogP contribution in [0.25, 0.3) is 27.5 Å². The fraction of sp³-hybridized carbons (Fsp3) is 0.273. The van der Waals surface area contributed by atoms with E-state index in [0.717, 1.165) is 6.42 Å². The monoisotopic (exact) mass is 598 g/mol. The smallest absolute Gasteiger partial charge is 0.0619 e. The molecule has 0 amide bonds. The summed E-state index contributed by atoms with van der Waals surface area (Å²) in [6, 6.07) is 46.3. The van der Waals surface area contributed by atoms with Gasteiger partial charge in [-0.05, 0) is 84.3 Å². The molecule has 1 saturated carbocycles. The summed E-state index contributed by atoms with van der Waals surface area (Å²) in [6.07, 6.45) is 12.3. The molecule has 0 radical (unpaired) electrons. The molecular weight excluding hydrogens is 556 g/mol. The van der Waals surface area contributed by atoms with Crippen LogP contribution in [0.15, 0.2) is 133 Å². The molecule has 3 unspecified atom stereocenters. The van der Waals surface area contributed by atoms with Crippen molar-refractivity contribution in [3.8, 4) is 5.69 Å². The highest BCUT2D eigenvalue weighted by Gasteiger charge is 2.51. The van der Waals surface area contributed by atoms with E-state index in [-0.39, 0.29) is 10.8 Å². The van der Waals surface area contributed by atoms with Crippen molar-refractivity contribution < 1.29 is 0 Å². The van der Waals surface area contributed by atoms with Gasteiger partial charge in [0.2, 0.25) is 0 Å². The molecular formula is C44H42N2. The Hall–Kier alpha value is -4.56. The first-order chi connectivity index (χ1) is 22.6. The molecule has 5 aromatic carbocycles. The highest BCUT2D eigenvalue weighted by molar-refractivity contribution is 6.09. The Bertz CT molecular complexity index is 2040. The lowest BCUT2D eigenvalue weighted by Gasteiger charge is -2.42. The third-order valence-electron chi connectivity index (χ3n) is 12.1. The second kappa shape index (κ2) is 10.5. The zero-order valence-electron chi connectivity index (χ0n) is 27.0. The fourth-order valence-electron chi connectivity index (χ4n) is 9.49. The maximum atomic E-state index is 2.61. The van der Waals surface area contributed by atoms with E-state index in [9.17, 15) is 0 Å². The summed E-state index contributed by atoms with van der Waals surface area (Å²) in [7, 11) is 0. The molecule has 2 nitrogen and oxygen atoms in total. The SMILES string of the molecule is CC1CC=CC2N(c3ccc(C4(c5ccc(-n6c7ccccc7c7ccccc76)cc5)CCCCC4)cc3)c3ccccc3C12C. The van der Waals surface area contributed by atoms with Gasteiger partial charge >= 0.3 is 0 Å². The van der Waals surface area contributed by atoms with Crippen LogP contribution in [0.1, 0.15) is 69.1 Å². The number of para-hydroxylation sites is 3. The Morgan fingerprint density at radius 3 is 1.83 bits per heavy atom. The van der Waals surface area contributed by atoms with Crippen LogP contribution in [0.3, 0.4) is 0 Å². The summed E-state index contributed by atoms with van der Waals surface area (Å²) < 4.78 is 2.43. The van der Waals surface area contributed by atoms with E-state index < -0.39 is 0 Å². The van der Waals surface area contributed by atoms with Gasteiger partial charge in [0.05, 0.1) is 17.1 Å². The Labute approximate surface area is 273 Å². The molecule has 46 heavy (non-hydrogen) atoms. The number of hydrogen-bond acceptors (Lipinski definition) is 1. The van der Waals surface area contributed by atoms with E-state index in [1.807, 2.05) is 0 Å². The van der Waals surface area contributed by atoms with Gasteiger partial charge < -0.3 is 9.47 Å². The molecule has 3 atom stereocenters. The number of hydrogen-bond donors (Lipinski definition) is 0. The summed E-state index contributed by atoms with van der Waals surface area (Å²) in [5, 5.41) is 2.62. The van der Waals surface area contributed by atoms with Gasteiger partial charge in [0, 0.05) is 38.7 Å². The average Bonchev–Trinajstić information content (AvgIpc) is 3.59. The Balaban J connectivity index is 1.10. The molecule has 228 valence electrons. The van der Waals surface area contributed by atoms with Gasteiger partial charge in [0.1, 0.15) is 0 Å². The first-order valence-corrected chi connectivity index (χ1v) is 17.3. The first-order valence-electron chi connectivity index (χ1n) is 17.3. The molecule has 1 aliphatic heterocycles. The van der Waals surface area contributed by atoms with Crippen LogP contribution >= 0.6 is 0 Å². The van der Waals surface area contributed by atoms with E-state index in [2.05, 4.69) is 157 Å². The second-order valence-electron chi connectivity index (χ2n) is 14.3. The lowest BCUT2D eigenvalue weighted by atomic mass is 9.65. The summed E-state index contributed by atoms with van der Waals surface area (Å²) in [6.45, 7) is 4.91. The largest absolute Gasteiger partial charge is 0.333 e. The zero-order chi connectivity index (χ0) is 30.9. The minimum absolute atomic E-state index is 0.0484. The van der Waals surface area contributed by atoms with Crippen molar-refractivity contribution >= 4 is 33.2 Å². The van der Waals surface area contributed by atoms with Gasteiger partial charge in [-0.25, -0.2) is 0 Å². The van der Waals surface area contributed by atoms with Gasteiger partial charge in [-0.3, -0.25) is 0 Å². The van der Waals surface area contributed by atoms with E-state index in [1.54, 1.807) is 0 Å². The lowest BCUT2D eigenvalue weighted by molar-refractivity contribution is 0.290. The highest BCUT2D eigenvalue weighted by Crippen LogP contribution is 2.55. The van der Waals surface area contributed by atoms with Crippen molar-refractivity contribution in [2.45, 2.75) is 69.2 Å². The van der Waals surface area contributed by atoms with Crippen molar-refractivity contribution in [3.05, 3.63) is 150 Å². The van der Waals surface area contributed by atoms with Crippen LogP contribution in [0.2, 0.25) is 0 Å². The van der Waals surface area contributed by atoms with E-state index in [0.29, 0.717) is 12.0 Å². The fourth-order valence-corrected chi connectivity index (χ4v) is 9.49. The molecule has 2 heteroatoms. The van der Waals surface area contributed by atoms with Crippen molar-refractivity contribution in [3.63, 3.8) is 0 Å². The summed E-state index contributed by atoms with van der Waals surface area (Å²) in [4.78, 5) is 2.61. The predicted molar refractivity (Wildman–Crippen MR) is 194 cm³/mol. The molecule has 2 aliphatic carbocycles. The zero-order valence-corrected chi connectivity index (χ0v) is 27.0. The molecule has 1 aromatic heterocycles. The summed E-state index contributed by atoms with van der Waals surface area (Å²) >= 11 is 0. The number of fused-ring (bicyclic) bond motifs is 6. The number of allylic oxidation sites excluding steroid dienone is 1. The molecule has 2 heterocycles. The number of aromatic nitrogens is 1. The van der Waals surface area contributed by atoms with Crippen molar-refractivity contribution in [2.75, 3.05) is 4.90 Å². The second-order valence-corrected chi connectivity index (χ2v) is 14.3. The third kappa shape index (κ3) is 3.89. The maximum absolute atomic E-state index is 2.61. The molecule has 3 aliphatic rings. The molecule has 0 spiro atoms. The number of benzene rings is 5. The van der Waals surface area contributed by atoms with E-state index in [1.165, 1.54) is 87.7 Å². The van der Waals surface area contributed by atoms with Crippen LogP contribution in [0, 0.1) is 5.92 Å². The summed E-state index contributed by atoms with van der Waals surface area (Å²) in [5.41, 5.74) is 11.0. The topological polar surface area (TPSA) is 8.17 Å². The predicted octanol–water partition coefficient (Wildman–Crippen LogP) is 11.4. The Morgan fingerprint density at radius 2 is 1.17 bits per heavy atom. The molecule has 0 N–H and O–H groups in total. The molecule has 1 fully saturated rings.